The summed E-state index contributed by atoms with van der Waals surface area (Å²) in [6.45, 7) is 1.21. The molecule has 0 fully saturated rings. The van der Waals surface area contributed by atoms with Crippen molar-refractivity contribution >= 4 is 46.6 Å². The molecule has 4 rings (SSSR count). The highest BCUT2D eigenvalue weighted by Crippen LogP contribution is 2.39. The molecule has 1 atom stereocenters. The number of nitrogens with zero attached hydrogens (tertiary/aromatic N) is 2. The van der Waals surface area contributed by atoms with Gasteiger partial charge in [-0.05, 0) is 48.4 Å². The Bertz CT molecular complexity index is 1720. The quantitative estimate of drug-likeness (QED) is 0.287. The molecular weight excluding hydrogens is 592 g/mol. The van der Waals surface area contributed by atoms with Crippen LogP contribution >= 0.6 is 34.5 Å². The number of rotatable bonds is 7. The number of carbonyl (C=O) groups excluding carboxylic acids is 1. The van der Waals surface area contributed by atoms with Crippen molar-refractivity contribution in [3.63, 3.8) is 0 Å². The zero-order chi connectivity index (χ0) is 29.2. The maximum Gasteiger partial charge on any atom is 0.434 e. The average Bonchev–Trinajstić information content (AvgIpc) is 3.21. The van der Waals surface area contributed by atoms with Gasteiger partial charge in [-0.15, -0.1) is 6.42 Å². The molecule has 1 aliphatic heterocycles. The molecule has 0 saturated carbocycles. The third-order valence-electron chi connectivity index (χ3n) is 5.63. The molecule has 2 aromatic carbocycles. The van der Waals surface area contributed by atoms with E-state index in [2.05, 4.69) is 10.9 Å². The third-order valence-corrected chi connectivity index (χ3v) is 7.15. The summed E-state index contributed by atoms with van der Waals surface area (Å²) >= 11 is 13.0. The monoisotopic (exact) mass is 610 g/mol. The summed E-state index contributed by atoms with van der Waals surface area (Å²) in [7, 11) is 1.38. The number of halogens is 5. The number of thiazole rings is 1. The van der Waals surface area contributed by atoms with E-state index >= 15 is 0 Å². The van der Waals surface area contributed by atoms with Gasteiger partial charge in [-0.25, -0.2) is 9.79 Å². The number of terminal acetylenes is 1. The Kier molecular flexibility index (Phi) is 8.63. The molecule has 0 radical (unpaired) electrons. The molecule has 0 amide bonds. The first-order valence-electron chi connectivity index (χ1n) is 11.5. The molecule has 1 aromatic heterocycles. The van der Waals surface area contributed by atoms with Gasteiger partial charge in [-0.3, -0.25) is 9.36 Å². The number of methoxy groups -OCH3 is 1. The van der Waals surface area contributed by atoms with Gasteiger partial charge in [0.05, 0.1) is 34.9 Å². The lowest BCUT2D eigenvalue weighted by Gasteiger charge is -2.26. The molecule has 3 aromatic rings. The molecule has 0 bridgehead atoms. The smallest absolute Gasteiger partial charge is 0.434 e. The van der Waals surface area contributed by atoms with Gasteiger partial charge in [0.2, 0.25) is 0 Å². The van der Waals surface area contributed by atoms with Gasteiger partial charge in [-0.1, -0.05) is 52.6 Å². The average molecular weight is 611 g/mol. The van der Waals surface area contributed by atoms with Crippen LogP contribution in [-0.4, -0.2) is 37.0 Å². The van der Waals surface area contributed by atoms with Crippen LogP contribution in [0.3, 0.4) is 0 Å². The Morgan fingerprint density at radius 3 is 2.55 bits per heavy atom. The standard InChI is InChI=1S/C27H19Cl2F3N2O5S/c1-4-10-39-22-17(29)11-14(12-18(22)37-3)13-19-24(35)34-21(15-6-8-16(28)9-7-15)20(25(36)38-5-2)23(27(30,31)32)33-26(34)40-19/h1,6-9,11-13,21H,5,10H2,2-3H3/b19-13-/t21-/m1/s1. The van der Waals surface area contributed by atoms with E-state index in [0.717, 1.165) is 4.57 Å². The lowest BCUT2D eigenvalue weighted by Crippen LogP contribution is -2.41. The minimum atomic E-state index is -5.02. The van der Waals surface area contributed by atoms with Crippen LogP contribution in [0.2, 0.25) is 10.0 Å². The van der Waals surface area contributed by atoms with Crippen LogP contribution in [0.1, 0.15) is 24.1 Å². The Hall–Kier alpha value is -3.72. The Morgan fingerprint density at radius 2 is 1.95 bits per heavy atom. The predicted molar refractivity (Wildman–Crippen MR) is 145 cm³/mol. The number of alkyl halides is 3. The van der Waals surface area contributed by atoms with Crippen molar-refractivity contribution in [2.75, 3.05) is 20.3 Å². The summed E-state index contributed by atoms with van der Waals surface area (Å²) in [5.74, 6) is 1.49. The Morgan fingerprint density at radius 1 is 1.25 bits per heavy atom. The second-order valence-corrected chi connectivity index (χ2v) is 9.99. The number of ether oxygens (including phenoxy) is 3. The van der Waals surface area contributed by atoms with Gasteiger partial charge in [-0.2, -0.15) is 13.2 Å². The lowest BCUT2D eigenvalue weighted by molar-refractivity contribution is -0.140. The van der Waals surface area contributed by atoms with E-state index in [4.69, 9.17) is 43.8 Å². The van der Waals surface area contributed by atoms with Crippen molar-refractivity contribution in [3.05, 3.63) is 88.5 Å². The van der Waals surface area contributed by atoms with Crippen LogP contribution < -0.4 is 24.4 Å². The molecule has 40 heavy (non-hydrogen) atoms. The summed E-state index contributed by atoms with van der Waals surface area (Å²) in [4.78, 5) is 30.0. The highest BCUT2D eigenvalue weighted by atomic mass is 35.5. The van der Waals surface area contributed by atoms with Gasteiger partial charge in [0, 0.05) is 5.02 Å². The Labute approximate surface area is 239 Å². The van der Waals surface area contributed by atoms with Gasteiger partial charge < -0.3 is 14.2 Å². The van der Waals surface area contributed by atoms with E-state index in [1.54, 1.807) is 0 Å². The largest absolute Gasteiger partial charge is 0.493 e. The molecule has 0 aliphatic carbocycles. The first-order chi connectivity index (χ1) is 19.0. The van der Waals surface area contributed by atoms with Crippen molar-refractivity contribution in [1.82, 2.24) is 4.57 Å². The van der Waals surface area contributed by atoms with Crippen LogP contribution in [0.15, 0.2) is 57.5 Å². The van der Waals surface area contributed by atoms with Crippen molar-refractivity contribution < 1.29 is 32.2 Å². The van der Waals surface area contributed by atoms with E-state index in [1.165, 1.54) is 56.5 Å². The van der Waals surface area contributed by atoms with Gasteiger partial charge in [0.1, 0.15) is 6.61 Å². The number of carbonyl (C=O) groups is 1. The van der Waals surface area contributed by atoms with Crippen LogP contribution in [0, 0.1) is 12.3 Å². The number of aromatic nitrogens is 1. The zero-order valence-electron chi connectivity index (χ0n) is 20.8. The van der Waals surface area contributed by atoms with Crippen LogP contribution in [0.4, 0.5) is 13.2 Å². The number of benzene rings is 2. The zero-order valence-corrected chi connectivity index (χ0v) is 23.2. The molecule has 7 nitrogen and oxygen atoms in total. The highest BCUT2D eigenvalue weighted by Gasteiger charge is 2.45. The fraction of sp³-hybridized carbons (Fsp3) is 0.222. The minimum absolute atomic E-state index is 0.0276. The first-order valence-corrected chi connectivity index (χ1v) is 13.1. The maximum atomic E-state index is 14.2. The van der Waals surface area contributed by atoms with Crippen molar-refractivity contribution in [3.8, 4) is 23.8 Å². The lowest BCUT2D eigenvalue weighted by atomic mass is 9.95. The summed E-state index contributed by atoms with van der Waals surface area (Å²) in [5.41, 5.74) is -2.34. The van der Waals surface area contributed by atoms with E-state index in [1.807, 2.05) is 0 Å². The van der Waals surface area contributed by atoms with E-state index < -0.39 is 35.0 Å². The second kappa shape index (κ2) is 11.8. The summed E-state index contributed by atoms with van der Waals surface area (Å²) < 4.78 is 59.4. The van der Waals surface area contributed by atoms with E-state index in [0.29, 0.717) is 21.9 Å². The van der Waals surface area contributed by atoms with Crippen LogP contribution in [0.25, 0.3) is 6.08 Å². The predicted octanol–water partition coefficient (Wildman–Crippen LogP) is 4.67. The molecular formula is C27H19Cl2F3N2O5S. The first kappa shape index (κ1) is 29.3. The summed E-state index contributed by atoms with van der Waals surface area (Å²) in [6.07, 6.45) is 1.64. The number of esters is 1. The second-order valence-electron chi connectivity index (χ2n) is 8.14. The summed E-state index contributed by atoms with van der Waals surface area (Å²) in [6, 6.07) is 7.28. The molecule has 0 unspecified atom stereocenters. The van der Waals surface area contributed by atoms with Crippen molar-refractivity contribution in [2.45, 2.75) is 19.1 Å². The fourth-order valence-corrected chi connectivity index (χ4v) is 5.43. The molecule has 1 aliphatic rings. The number of hydrogen-bond donors (Lipinski definition) is 0. The number of hydrogen-bond acceptors (Lipinski definition) is 7. The van der Waals surface area contributed by atoms with Crippen molar-refractivity contribution in [1.29, 1.82) is 0 Å². The number of fused-ring (bicyclic) bond motifs is 1. The van der Waals surface area contributed by atoms with Crippen molar-refractivity contribution in [2.24, 2.45) is 4.99 Å². The molecule has 0 N–H and O–H groups in total. The van der Waals surface area contributed by atoms with Crippen LogP contribution in [-0.2, 0) is 9.53 Å². The molecule has 13 heteroatoms. The van der Waals surface area contributed by atoms with Crippen LogP contribution in [0.5, 0.6) is 11.5 Å². The number of allylic oxidation sites excluding steroid dienone is 1. The Balaban J connectivity index is 1.99. The maximum absolute atomic E-state index is 14.2. The highest BCUT2D eigenvalue weighted by molar-refractivity contribution is 7.07. The third kappa shape index (κ3) is 5.75. The summed E-state index contributed by atoms with van der Waals surface area (Å²) in [5, 5.41) is 0.450. The molecule has 208 valence electrons. The molecule has 0 saturated heterocycles. The SMILES string of the molecule is C#CCOc1c(Cl)cc(/C=c2\sc3n(c2=O)[C@H](c2ccc(Cl)cc2)C(C(=O)OCC)=C(C(F)(F)F)N=3)cc1OC. The van der Waals surface area contributed by atoms with E-state index in [-0.39, 0.29) is 44.6 Å². The molecule has 0 spiro atoms. The topological polar surface area (TPSA) is 79.1 Å². The van der Waals surface area contributed by atoms with Gasteiger partial charge >= 0.3 is 12.1 Å². The fourth-order valence-electron chi connectivity index (χ4n) is 4.03. The minimum Gasteiger partial charge on any atom is -0.493 e. The normalized spacial score (nSPS) is 15.2. The molecule has 2 heterocycles. The van der Waals surface area contributed by atoms with Gasteiger partial charge in [0.25, 0.3) is 5.56 Å². The van der Waals surface area contributed by atoms with E-state index in [9.17, 15) is 22.8 Å². The van der Waals surface area contributed by atoms with Gasteiger partial charge in [0.15, 0.2) is 22.0 Å².